The first kappa shape index (κ1) is 21.8. The maximum absolute atomic E-state index is 12.2. The molecule has 0 spiro atoms. The Morgan fingerprint density at radius 1 is 1.14 bits per heavy atom. The van der Waals surface area contributed by atoms with E-state index in [4.69, 9.17) is 39.5 Å². The normalized spacial score (nSPS) is 11.9. The van der Waals surface area contributed by atoms with Crippen LogP contribution in [-0.2, 0) is 11.8 Å². The molecule has 0 aliphatic carbocycles. The Balaban J connectivity index is 1.59. The third-order valence-electron chi connectivity index (χ3n) is 3.91. The molecule has 3 aromatic rings. The summed E-state index contributed by atoms with van der Waals surface area (Å²) >= 11 is 19.2. The van der Waals surface area contributed by atoms with Crippen LogP contribution in [0.2, 0.25) is 15.1 Å². The number of nitrogens with zero attached hydrogens (tertiary/aromatic N) is 3. The van der Waals surface area contributed by atoms with E-state index < -0.39 is 0 Å². The van der Waals surface area contributed by atoms with E-state index in [-0.39, 0.29) is 17.8 Å². The Morgan fingerprint density at radius 2 is 1.90 bits per heavy atom. The predicted molar refractivity (Wildman–Crippen MR) is 117 cm³/mol. The Labute approximate surface area is 187 Å². The second-order valence-electron chi connectivity index (χ2n) is 6.06. The molecule has 1 amide bonds. The number of carbonyl (C=O) groups excluding carboxylic acids is 1. The molecule has 1 unspecified atom stereocenters. The Bertz CT molecular complexity index is 1030. The van der Waals surface area contributed by atoms with Crippen LogP contribution in [0.1, 0.15) is 18.9 Å². The van der Waals surface area contributed by atoms with Crippen molar-refractivity contribution in [1.82, 2.24) is 14.8 Å². The number of rotatable bonds is 7. The fourth-order valence-corrected chi connectivity index (χ4v) is 3.69. The van der Waals surface area contributed by atoms with Crippen LogP contribution in [0.3, 0.4) is 0 Å². The number of thioether (sulfide) groups is 1. The number of aromatic nitrogens is 3. The molecular weight excluding hydrogens is 455 g/mol. The Kier molecular flexibility index (Phi) is 7.29. The molecule has 1 aromatic heterocycles. The smallest absolute Gasteiger partial charge is 0.234 e. The van der Waals surface area contributed by atoms with E-state index in [9.17, 15) is 4.79 Å². The molecule has 152 valence electrons. The molecule has 0 aliphatic rings. The van der Waals surface area contributed by atoms with Crippen molar-refractivity contribution in [2.24, 2.45) is 7.05 Å². The van der Waals surface area contributed by atoms with Crippen molar-refractivity contribution >= 4 is 58.2 Å². The molecule has 10 heteroatoms. The van der Waals surface area contributed by atoms with Crippen LogP contribution in [0.5, 0.6) is 5.75 Å². The molecule has 0 saturated heterocycles. The lowest BCUT2D eigenvalue weighted by atomic mass is 10.3. The van der Waals surface area contributed by atoms with Gasteiger partial charge in [0, 0.05) is 12.7 Å². The van der Waals surface area contributed by atoms with Gasteiger partial charge in [0.15, 0.2) is 17.1 Å². The van der Waals surface area contributed by atoms with Crippen molar-refractivity contribution in [3.05, 3.63) is 63.4 Å². The van der Waals surface area contributed by atoms with Gasteiger partial charge in [0.2, 0.25) is 5.91 Å². The number of carbonyl (C=O) groups is 1. The summed E-state index contributed by atoms with van der Waals surface area (Å²) in [6, 6.07) is 12.1. The van der Waals surface area contributed by atoms with E-state index in [0.29, 0.717) is 37.5 Å². The van der Waals surface area contributed by atoms with Gasteiger partial charge in [0.1, 0.15) is 5.75 Å². The fraction of sp³-hybridized carbons (Fsp3) is 0.211. The monoisotopic (exact) mass is 470 g/mol. The van der Waals surface area contributed by atoms with Crippen LogP contribution < -0.4 is 10.1 Å². The molecule has 0 saturated carbocycles. The number of halogens is 3. The lowest BCUT2D eigenvalue weighted by Gasteiger charge is -2.15. The van der Waals surface area contributed by atoms with Crippen molar-refractivity contribution < 1.29 is 9.53 Å². The first-order valence-corrected chi connectivity index (χ1v) is 10.6. The van der Waals surface area contributed by atoms with E-state index in [1.54, 1.807) is 34.9 Å². The largest absolute Gasteiger partial charge is 0.481 e. The molecule has 0 fully saturated rings. The van der Waals surface area contributed by atoms with Crippen molar-refractivity contribution in [2.45, 2.75) is 18.2 Å². The summed E-state index contributed by atoms with van der Waals surface area (Å²) in [7, 11) is 1.82. The van der Waals surface area contributed by atoms with Crippen molar-refractivity contribution in [3.8, 4) is 5.75 Å². The van der Waals surface area contributed by atoms with Crippen LogP contribution >= 0.6 is 46.6 Å². The van der Waals surface area contributed by atoms with Gasteiger partial charge in [-0.2, -0.15) is 0 Å². The highest BCUT2D eigenvalue weighted by Gasteiger charge is 2.19. The minimum Gasteiger partial charge on any atom is -0.481 e. The van der Waals surface area contributed by atoms with E-state index in [2.05, 4.69) is 15.5 Å². The first-order chi connectivity index (χ1) is 13.8. The van der Waals surface area contributed by atoms with Crippen molar-refractivity contribution in [1.29, 1.82) is 0 Å². The zero-order valence-electron chi connectivity index (χ0n) is 15.5. The van der Waals surface area contributed by atoms with Gasteiger partial charge in [-0.15, -0.1) is 10.2 Å². The lowest BCUT2D eigenvalue weighted by Crippen LogP contribution is -2.15. The minimum absolute atomic E-state index is 0.159. The zero-order chi connectivity index (χ0) is 21.0. The van der Waals surface area contributed by atoms with Gasteiger partial charge in [-0.1, -0.05) is 58.7 Å². The van der Waals surface area contributed by atoms with E-state index in [0.717, 1.165) is 0 Å². The van der Waals surface area contributed by atoms with Crippen LogP contribution in [0.15, 0.2) is 47.6 Å². The molecule has 0 bridgehead atoms. The van der Waals surface area contributed by atoms with Gasteiger partial charge in [-0.3, -0.25) is 4.79 Å². The summed E-state index contributed by atoms with van der Waals surface area (Å²) < 4.78 is 7.67. The Hall–Kier alpha value is -1.93. The number of hydrogen-bond acceptors (Lipinski definition) is 5. The molecule has 1 atom stereocenters. The Morgan fingerprint density at radius 3 is 2.62 bits per heavy atom. The van der Waals surface area contributed by atoms with E-state index in [1.165, 1.54) is 11.8 Å². The average Bonchev–Trinajstić information content (AvgIpc) is 3.05. The van der Waals surface area contributed by atoms with Crippen LogP contribution in [0.4, 0.5) is 5.69 Å². The molecular formula is C19H17Cl3N4O2S. The van der Waals surface area contributed by atoms with Gasteiger partial charge in [0.25, 0.3) is 0 Å². The number of hydrogen-bond donors (Lipinski definition) is 1. The number of anilines is 1. The molecule has 3 rings (SSSR count). The molecule has 29 heavy (non-hydrogen) atoms. The fourth-order valence-electron chi connectivity index (χ4n) is 2.49. The van der Waals surface area contributed by atoms with Crippen LogP contribution in [0.25, 0.3) is 0 Å². The second kappa shape index (κ2) is 9.71. The maximum atomic E-state index is 12.2. The van der Waals surface area contributed by atoms with Gasteiger partial charge >= 0.3 is 0 Å². The summed E-state index contributed by atoms with van der Waals surface area (Å²) in [5.74, 6) is 1.15. The number of benzene rings is 2. The highest BCUT2D eigenvalue weighted by Crippen LogP contribution is 2.29. The van der Waals surface area contributed by atoms with Crippen LogP contribution in [-0.4, -0.2) is 26.4 Å². The first-order valence-electron chi connectivity index (χ1n) is 8.53. The highest BCUT2D eigenvalue weighted by atomic mass is 35.5. The van der Waals surface area contributed by atoms with Crippen molar-refractivity contribution in [3.63, 3.8) is 0 Å². The quantitative estimate of drug-likeness (QED) is 0.451. The number of nitrogens with one attached hydrogen (secondary N) is 1. The summed E-state index contributed by atoms with van der Waals surface area (Å²) in [6.45, 7) is 1.86. The summed E-state index contributed by atoms with van der Waals surface area (Å²) in [4.78, 5) is 12.2. The van der Waals surface area contributed by atoms with E-state index >= 15 is 0 Å². The van der Waals surface area contributed by atoms with Gasteiger partial charge < -0.3 is 14.6 Å². The molecule has 1 heterocycles. The summed E-state index contributed by atoms with van der Waals surface area (Å²) in [5, 5.41) is 13.0. The summed E-state index contributed by atoms with van der Waals surface area (Å²) in [6.07, 6.45) is -0.369. The highest BCUT2D eigenvalue weighted by molar-refractivity contribution is 7.99. The standard InChI is InChI=1S/C19H17Cl3N4O2S/c1-11(28-16-6-4-3-5-14(16)21)18-24-25-19(26(18)2)29-10-17(27)23-12-7-8-13(20)15(22)9-12/h3-9,11H,10H2,1-2H3,(H,23,27). The second-order valence-corrected chi connectivity index (χ2v) is 8.22. The predicted octanol–water partition coefficient (Wildman–Crippen LogP) is 5.65. The summed E-state index contributed by atoms with van der Waals surface area (Å²) in [5.41, 5.74) is 0.574. The lowest BCUT2D eigenvalue weighted by molar-refractivity contribution is -0.113. The third-order valence-corrected chi connectivity index (χ3v) is 5.98. The van der Waals surface area contributed by atoms with Crippen LogP contribution in [0, 0.1) is 0 Å². The SMILES string of the molecule is CC(Oc1ccccc1Cl)c1nnc(SCC(=O)Nc2ccc(Cl)c(Cl)c2)n1C. The molecule has 2 aromatic carbocycles. The molecule has 6 nitrogen and oxygen atoms in total. The van der Waals surface area contributed by atoms with Gasteiger partial charge in [-0.05, 0) is 37.3 Å². The maximum Gasteiger partial charge on any atom is 0.234 e. The average molecular weight is 472 g/mol. The number of para-hydroxylation sites is 1. The van der Waals surface area contributed by atoms with E-state index in [1.807, 2.05) is 26.1 Å². The topological polar surface area (TPSA) is 69.0 Å². The molecule has 1 N–H and O–H groups in total. The molecule has 0 radical (unpaired) electrons. The third kappa shape index (κ3) is 5.57. The van der Waals surface area contributed by atoms with Gasteiger partial charge in [-0.25, -0.2) is 0 Å². The minimum atomic E-state index is -0.369. The van der Waals surface area contributed by atoms with Gasteiger partial charge in [0.05, 0.1) is 20.8 Å². The van der Waals surface area contributed by atoms with Crippen molar-refractivity contribution in [2.75, 3.05) is 11.1 Å². The number of amides is 1. The number of ether oxygens (including phenoxy) is 1. The molecule has 0 aliphatic heterocycles. The zero-order valence-corrected chi connectivity index (χ0v) is 18.6.